The topological polar surface area (TPSA) is 59.6 Å². The lowest BCUT2D eigenvalue weighted by Gasteiger charge is -2.16. The molecule has 1 aliphatic heterocycles. The van der Waals surface area contributed by atoms with E-state index < -0.39 is 6.61 Å². The van der Waals surface area contributed by atoms with Crippen LogP contribution in [0.5, 0.6) is 11.5 Å². The molecule has 1 atom stereocenters. The Balaban J connectivity index is 2.07. The molecule has 1 unspecified atom stereocenters. The number of hydrogen-bond acceptors (Lipinski definition) is 5. The van der Waals surface area contributed by atoms with Gasteiger partial charge in [-0.2, -0.15) is 8.78 Å². The predicted molar refractivity (Wildman–Crippen MR) is 80.3 cm³/mol. The lowest BCUT2D eigenvalue weighted by molar-refractivity contribution is -0.122. The van der Waals surface area contributed by atoms with Gasteiger partial charge in [-0.3, -0.25) is 10.1 Å². The van der Waals surface area contributed by atoms with Gasteiger partial charge in [0.25, 0.3) is 0 Å². The van der Waals surface area contributed by atoms with Crippen LogP contribution < -0.4 is 20.1 Å². The van der Waals surface area contributed by atoms with Gasteiger partial charge in [-0.25, -0.2) is 0 Å². The highest BCUT2D eigenvalue weighted by atomic mass is 32.2. The number of rotatable bonds is 7. The molecule has 0 radical (unpaired) electrons. The van der Waals surface area contributed by atoms with Gasteiger partial charge in [-0.05, 0) is 13.0 Å². The van der Waals surface area contributed by atoms with Crippen LogP contribution in [0.2, 0.25) is 0 Å². The number of ether oxygens (including phenoxy) is 2. The minimum atomic E-state index is -2.95. The maximum Gasteiger partial charge on any atom is 0.387 e. The number of hydrogen-bond donors (Lipinski definition) is 2. The number of alkyl halides is 2. The third-order valence-corrected chi connectivity index (χ3v) is 3.99. The first-order valence-corrected chi connectivity index (χ1v) is 8.05. The third kappa shape index (κ3) is 4.48. The van der Waals surface area contributed by atoms with Gasteiger partial charge in [0.1, 0.15) is 0 Å². The highest BCUT2D eigenvalue weighted by Crippen LogP contribution is 2.32. The summed E-state index contributed by atoms with van der Waals surface area (Å²) in [5, 5.41) is 5.77. The molecule has 1 aromatic rings. The summed E-state index contributed by atoms with van der Waals surface area (Å²) in [7, 11) is 0. The molecule has 8 heteroatoms. The molecule has 1 aromatic carbocycles. The monoisotopic (exact) mass is 332 g/mol. The molecule has 1 aliphatic rings. The Morgan fingerprint density at radius 1 is 1.55 bits per heavy atom. The summed E-state index contributed by atoms with van der Waals surface area (Å²) in [4.78, 5) is 12.0. The average Bonchev–Trinajstić information content (AvgIpc) is 3.01. The van der Waals surface area contributed by atoms with Gasteiger partial charge in [0.2, 0.25) is 5.91 Å². The van der Waals surface area contributed by atoms with Crippen molar-refractivity contribution in [3.05, 3.63) is 23.8 Å². The first kappa shape index (κ1) is 16.8. The number of carbonyl (C=O) groups is 1. The average molecular weight is 332 g/mol. The first-order valence-electron chi connectivity index (χ1n) is 6.90. The van der Waals surface area contributed by atoms with Gasteiger partial charge in [0.15, 0.2) is 11.5 Å². The summed E-state index contributed by atoms with van der Waals surface area (Å²) in [6.07, 6.45) is 0. The van der Waals surface area contributed by atoms with E-state index in [0.717, 1.165) is 5.88 Å². The van der Waals surface area contributed by atoms with Crippen LogP contribution in [-0.4, -0.2) is 36.8 Å². The Morgan fingerprint density at radius 3 is 3.00 bits per heavy atom. The van der Waals surface area contributed by atoms with E-state index in [-0.39, 0.29) is 30.0 Å². The van der Waals surface area contributed by atoms with E-state index in [0.29, 0.717) is 17.9 Å². The van der Waals surface area contributed by atoms with E-state index >= 15 is 0 Å². The van der Waals surface area contributed by atoms with Gasteiger partial charge in [-0.1, -0.05) is 12.1 Å². The molecule has 0 spiro atoms. The van der Waals surface area contributed by atoms with Crippen LogP contribution in [0.3, 0.4) is 0 Å². The Bertz CT molecular complexity index is 511. The van der Waals surface area contributed by atoms with Crippen LogP contribution in [0.15, 0.2) is 18.2 Å². The zero-order valence-corrected chi connectivity index (χ0v) is 12.9. The summed E-state index contributed by atoms with van der Waals surface area (Å²) >= 11 is 1.64. The largest absolute Gasteiger partial charge is 0.490 e. The molecule has 122 valence electrons. The number of benzene rings is 1. The van der Waals surface area contributed by atoms with Crippen molar-refractivity contribution < 1.29 is 23.0 Å². The maximum atomic E-state index is 12.6. The Kier molecular flexibility index (Phi) is 6.26. The second kappa shape index (κ2) is 8.19. The third-order valence-electron chi connectivity index (χ3n) is 3.05. The summed E-state index contributed by atoms with van der Waals surface area (Å²) < 4.78 is 35.0. The predicted octanol–water partition coefficient (Wildman–Crippen LogP) is 1.97. The Hall–Kier alpha value is -1.54. The molecule has 0 aliphatic carbocycles. The number of carbonyl (C=O) groups excluding carboxylic acids is 1. The zero-order valence-electron chi connectivity index (χ0n) is 12.1. The maximum absolute atomic E-state index is 12.6. The quantitative estimate of drug-likeness (QED) is 0.799. The number of halogens is 2. The van der Waals surface area contributed by atoms with Gasteiger partial charge in [0, 0.05) is 23.7 Å². The zero-order chi connectivity index (χ0) is 15.9. The van der Waals surface area contributed by atoms with Crippen LogP contribution >= 0.6 is 11.8 Å². The summed E-state index contributed by atoms with van der Waals surface area (Å²) in [6, 6.07) is 4.60. The smallest absolute Gasteiger partial charge is 0.387 e. The fourth-order valence-corrected chi connectivity index (χ4v) is 3.00. The molecule has 0 aromatic heterocycles. The summed E-state index contributed by atoms with van der Waals surface area (Å²) in [5.74, 6) is 1.48. The molecule has 5 nitrogen and oxygen atoms in total. The summed E-state index contributed by atoms with van der Waals surface area (Å²) in [6.45, 7) is -0.767. The van der Waals surface area contributed by atoms with Crippen molar-refractivity contribution in [3.8, 4) is 11.5 Å². The van der Waals surface area contributed by atoms with Crippen molar-refractivity contribution >= 4 is 17.7 Å². The SMILES string of the molecule is CCOc1cccc(CNC(=O)C2CSCN2)c1OC(F)F. The molecule has 1 saturated heterocycles. The van der Waals surface area contributed by atoms with E-state index in [2.05, 4.69) is 15.4 Å². The van der Waals surface area contributed by atoms with Crippen LogP contribution in [0.4, 0.5) is 8.78 Å². The number of para-hydroxylation sites is 1. The molecule has 1 amide bonds. The standard InChI is InChI=1S/C14H18F2N2O3S/c1-2-20-11-5-3-4-9(12(11)21-14(15)16)6-17-13(19)10-7-22-8-18-10/h3-5,10,14,18H,2,6-8H2,1H3,(H,17,19). The van der Waals surface area contributed by atoms with Gasteiger partial charge in [0.05, 0.1) is 12.6 Å². The van der Waals surface area contributed by atoms with E-state index in [1.165, 1.54) is 0 Å². The highest BCUT2D eigenvalue weighted by molar-refractivity contribution is 7.99. The van der Waals surface area contributed by atoms with Crippen LogP contribution in [-0.2, 0) is 11.3 Å². The second-order valence-corrected chi connectivity index (χ2v) is 5.58. The molecule has 0 bridgehead atoms. The molecule has 1 heterocycles. The highest BCUT2D eigenvalue weighted by Gasteiger charge is 2.23. The van der Waals surface area contributed by atoms with Crippen LogP contribution in [0, 0.1) is 0 Å². The van der Waals surface area contributed by atoms with E-state index in [9.17, 15) is 13.6 Å². The van der Waals surface area contributed by atoms with Crippen molar-refractivity contribution in [2.24, 2.45) is 0 Å². The molecule has 0 saturated carbocycles. The summed E-state index contributed by atoms with van der Waals surface area (Å²) in [5.41, 5.74) is 0.449. The second-order valence-electron chi connectivity index (χ2n) is 4.55. The van der Waals surface area contributed by atoms with Gasteiger partial charge >= 0.3 is 6.61 Å². The van der Waals surface area contributed by atoms with Crippen molar-refractivity contribution in [3.63, 3.8) is 0 Å². The molecular weight excluding hydrogens is 314 g/mol. The molecule has 1 fully saturated rings. The number of amides is 1. The van der Waals surface area contributed by atoms with Crippen LogP contribution in [0.25, 0.3) is 0 Å². The van der Waals surface area contributed by atoms with Crippen LogP contribution in [0.1, 0.15) is 12.5 Å². The van der Waals surface area contributed by atoms with E-state index in [1.807, 2.05) is 0 Å². The van der Waals surface area contributed by atoms with Crippen molar-refractivity contribution in [2.75, 3.05) is 18.2 Å². The van der Waals surface area contributed by atoms with Gasteiger partial charge < -0.3 is 14.8 Å². The fourth-order valence-electron chi connectivity index (χ4n) is 2.06. The number of thioether (sulfide) groups is 1. The van der Waals surface area contributed by atoms with Crippen molar-refractivity contribution in [2.45, 2.75) is 26.1 Å². The fraction of sp³-hybridized carbons (Fsp3) is 0.500. The van der Waals surface area contributed by atoms with E-state index in [1.54, 1.807) is 36.9 Å². The first-order chi connectivity index (χ1) is 10.6. The van der Waals surface area contributed by atoms with Crippen molar-refractivity contribution in [1.82, 2.24) is 10.6 Å². The Labute approximate surface area is 131 Å². The molecule has 22 heavy (non-hydrogen) atoms. The van der Waals surface area contributed by atoms with E-state index in [4.69, 9.17) is 4.74 Å². The molecule has 2 N–H and O–H groups in total. The lowest BCUT2D eigenvalue weighted by atomic mass is 10.1. The minimum Gasteiger partial charge on any atom is -0.490 e. The number of nitrogens with one attached hydrogen (secondary N) is 2. The Morgan fingerprint density at radius 2 is 2.36 bits per heavy atom. The van der Waals surface area contributed by atoms with Crippen molar-refractivity contribution in [1.29, 1.82) is 0 Å². The normalized spacial score (nSPS) is 17.5. The minimum absolute atomic E-state index is 0.0339. The van der Waals surface area contributed by atoms with Gasteiger partial charge in [-0.15, -0.1) is 11.8 Å². The molecular formula is C14H18F2N2O3S. The lowest BCUT2D eigenvalue weighted by Crippen LogP contribution is -2.41. The molecule has 2 rings (SSSR count).